The minimum Gasteiger partial charge on any atom is -0.455 e. The molecule has 324 valence electrons. The van der Waals surface area contributed by atoms with Gasteiger partial charge in [-0.3, -0.25) is 0 Å². The standard InChI is InChI=1S/C65H38N4O/c1-2-16-39(17-3-1)40-30-32-41(33-31-40)63-66-64(55-36-46-22-8-9-23-47(46)48-24-10-11-25-49(48)55)68-65(67-63)60-50-26-12-13-27-51(50)62-59(52-28-14-15-29-58(52)70-62)61(60)69-56-37-44-20-6-4-18-42(44)34-53(56)54-35-43-19-5-7-21-45(43)38-57(54)69/h1-38H. The van der Waals surface area contributed by atoms with E-state index in [2.05, 4.69) is 223 Å². The molecule has 5 nitrogen and oxygen atoms in total. The van der Waals surface area contributed by atoms with Crippen molar-refractivity contribution in [3.63, 3.8) is 0 Å². The summed E-state index contributed by atoms with van der Waals surface area (Å²) < 4.78 is 9.49. The number of rotatable bonds is 5. The smallest absolute Gasteiger partial charge is 0.166 e. The molecule has 0 radical (unpaired) electrons. The molecule has 0 saturated heterocycles. The summed E-state index contributed by atoms with van der Waals surface area (Å²) in [6.45, 7) is 0. The van der Waals surface area contributed by atoms with Gasteiger partial charge in [-0.25, -0.2) is 15.0 Å². The first-order valence-corrected chi connectivity index (χ1v) is 23.8. The van der Waals surface area contributed by atoms with Gasteiger partial charge in [-0.2, -0.15) is 0 Å². The molecule has 0 N–H and O–H groups in total. The number of benzene rings is 12. The fourth-order valence-corrected chi connectivity index (χ4v) is 11.1. The zero-order chi connectivity index (χ0) is 45.9. The molecule has 0 atom stereocenters. The second-order valence-electron chi connectivity index (χ2n) is 18.3. The summed E-state index contributed by atoms with van der Waals surface area (Å²) in [4.78, 5) is 16.8. The van der Waals surface area contributed by atoms with E-state index in [-0.39, 0.29) is 0 Å². The Labute approximate surface area is 401 Å². The molecule has 0 aliphatic carbocycles. The molecule has 0 amide bonds. The van der Waals surface area contributed by atoms with Crippen LogP contribution in [0.2, 0.25) is 0 Å². The van der Waals surface area contributed by atoms with Gasteiger partial charge in [0, 0.05) is 32.7 Å². The molecule has 0 unspecified atom stereocenters. The van der Waals surface area contributed by atoms with Crippen LogP contribution >= 0.6 is 0 Å². The predicted molar refractivity (Wildman–Crippen MR) is 291 cm³/mol. The molecule has 0 bridgehead atoms. The molecule has 0 aliphatic heterocycles. The highest BCUT2D eigenvalue weighted by molar-refractivity contribution is 6.26. The lowest BCUT2D eigenvalue weighted by atomic mass is 9.95. The van der Waals surface area contributed by atoms with Crippen molar-refractivity contribution in [2.24, 2.45) is 0 Å². The largest absolute Gasteiger partial charge is 0.455 e. The highest BCUT2D eigenvalue weighted by atomic mass is 16.3. The molecule has 3 aromatic heterocycles. The van der Waals surface area contributed by atoms with Gasteiger partial charge in [0.25, 0.3) is 0 Å². The van der Waals surface area contributed by atoms with Crippen molar-refractivity contribution in [2.45, 2.75) is 0 Å². The zero-order valence-corrected chi connectivity index (χ0v) is 37.6. The Hall–Kier alpha value is -9.45. The Bertz CT molecular complexity index is 4550. The van der Waals surface area contributed by atoms with Crippen LogP contribution in [-0.2, 0) is 0 Å². The van der Waals surface area contributed by atoms with E-state index >= 15 is 0 Å². The van der Waals surface area contributed by atoms with Crippen LogP contribution in [-0.4, -0.2) is 19.5 Å². The lowest BCUT2D eigenvalue weighted by Crippen LogP contribution is -2.05. The third-order valence-corrected chi connectivity index (χ3v) is 14.4. The maximum absolute atomic E-state index is 7.02. The topological polar surface area (TPSA) is 56.7 Å². The Balaban J connectivity index is 1.13. The van der Waals surface area contributed by atoms with Crippen LogP contribution < -0.4 is 0 Å². The fraction of sp³-hybridized carbons (Fsp3) is 0. The van der Waals surface area contributed by atoms with Crippen LogP contribution in [0, 0.1) is 0 Å². The van der Waals surface area contributed by atoms with E-state index in [1.807, 2.05) is 12.1 Å². The van der Waals surface area contributed by atoms with E-state index in [9.17, 15) is 0 Å². The minimum absolute atomic E-state index is 0.569. The molecule has 15 aromatic rings. The average Bonchev–Trinajstić information content (AvgIpc) is 3.96. The molecule has 12 aromatic carbocycles. The number of hydrogen-bond donors (Lipinski definition) is 0. The lowest BCUT2D eigenvalue weighted by molar-refractivity contribution is 0.672. The lowest BCUT2D eigenvalue weighted by Gasteiger charge is -2.19. The van der Waals surface area contributed by atoms with E-state index in [0.29, 0.717) is 17.5 Å². The molecule has 0 aliphatic rings. The summed E-state index contributed by atoms with van der Waals surface area (Å²) in [5.41, 5.74) is 9.75. The van der Waals surface area contributed by atoms with Gasteiger partial charge in [-0.05, 0) is 96.0 Å². The van der Waals surface area contributed by atoms with Crippen molar-refractivity contribution in [3.05, 3.63) is 231 Å². The quantitative estimate of drug-likeness (QED) is 0.162. The van der Waals surface area contributed by atoms with E-state index in [4.69, 9.17) is 19.4 Å². The van der Waals surface area contributed by atoms with Gasteiger partial charge in [-0.1, -0.05) is 194 Å². The molecule has 0 saturated carbocycles. The Morgan fingerprint density at radius 1 is 0.314 bits per heavy atom. The van der Waals surface area contributed by atoms with Crippen molar-refractivity contribution in [1.29, 1.82) is 0 Å². The van der Waals surface area contributed by atoms with Crippen LogP contribution in [0.3, 0.4) is 0 Å². The predicted octanol–water partition coefficient (Wildman–Crippen LogP) is 17.3. The monoisotopic (exact) mass is 890 g/mol. The highest BCUT2D eigenvalue weighted by Crippen LogP contribution is 2.49. The van der Waals surface area contributed by atoms with Gasteiger partial charge in [-0.15, -0.1) is 0 Å². The van der Waals surface area contributed by atoms with Gasteiger partial charge in [0.1, 0.15) is 11.2 Å². The maximum Gasteiger partial charge on any atom is 0.166 e. The van der Waals surface area contributed by atoms with E-state index in [0.717, 1.165) is 115 Å². The van der Waals surface area contributed by atoms with Crippen LogP contribution in [0.5, 0.6) is 0 Å². The van der Waals surface area contributed by atoms with Gasteiger partial charge in [0.2, 0.25) is 0 Å². The molecule has 15 rings (SSSR count). The van der Waals surface area contributed by atoms with E-state index in [1.165, 1.54) is 16.2 Å². The number of fused-ring (bicyclic) bond motifs is 13. The molecular weight excluding hydrogens is 853 g/mol. The number of nitrogens with zero attached hydrogens (tertiary/aromatic N) is 4. The maximum atomic E-state index is 7.02. The highest BCUT2D eigenvalue weighted by Gasteiger charge is 2.28. The van der Waals surface area contributed by atoms with Crippen LogP contribution in [0.15, 0.2) is 235 Å². The van der Waals surface area contributed by atoms with Crippen LogP contribution in [0.4, 0.5) is 0 Å². The number of furan rings is 1. The van der Waals surface area contributed by atoms with E-state index in [1.54, 1.807) is 0 Å². The average molecular weight is 891 g/mol. The second kappa shape index (κ2) is 15.0. The van der Waals surface area contributed by atoms with Crippen LogP contribution in [0.25, 0.3) is 149 Å². The van der Waals surface area contributed by atoms with Crippen LogP contribution in [0.1, 0.15) is 0 Å². The Morgan fingerprint density at radius 3 is 1.49 bits per heavy atom. The number of para-hydroxylation sites is 1. The summed E-state index contributed by atoms with van der Waals surface area (Å²) in [7, 11) is 0. The number of hydrogen-bond acceptors (Lipinski definition) is 4. The summed E-state index contributed by atoms with van der Waals surface area (Å²) >= 11 is 0. The molecule has 70 heavy (non-hydrogen) atoms. The molecule has 0 spiro atoms. The summed E-state index contributed by atoms with van der Waals surface area (Å²) in [6, 6.07) is 82.2. The third kappa shape index (κ3) is 5.82. The second-order valence-corrected chi connectivity index (χ2v) is 18.3. The Kier molecular flexibility index (Phi) is 8.29. The van der Waals surface area contributed by atoms with Gasteiger partial charge < -0.3 is 8.98 Å². The van der Waals surface area contributed by atoms with Gasteiger partial charge in [0.15, 0.2) is 17.5 Å². The zero-order valence-electron chi connectivity index (χ0n) is 37.6. The minimum atomic E-state index is 0.569. The molecule has 3 heterocycles. The summed E-state index contributed by atoms with van der Waals surface area (Å²) in [6.07, 6.45) is 0. The van der Waals surface area contributed by atoms with Crippen molar-refractivity contribution in [2.75, 3.05) is 0 Å². The van der Waals surface area contributed by atoms with Crippen molar-refractivity contribution >= 4 is 97.6 Å². The van der Waals surface area contributed by atoms with Crippen molar-refractivity contribution < 1.29 is 4.42 Å². The molecular formula is C65H38N4O. The molecule has 0 fully saturated rings. The fourth-order valence-electron chi connectivity index (χ4n) is 11.1. The first kappa shape index (κ1) is 38.6. The van der Waals surface area contributed by atoms with E-state index < -0.39 is 0 Å². The Morgan fingerprint density at radius 2 is 0.800 bits per heavy atom. The molecule has 5 heteroatoms. The first-order valence-electron chi connectivity index (χ1n) is 23.8. The van der Waals surface area contributed by atoms with Gasteiger partial charge in [0.05, 0.1) is 27.7 Å². The summed E-state index contributed by atoms with van der Waals surface area (Å²) in [5, 5.41) is 15.5. The SMILES string of the molecule is c1ccc(-c2ccc(-c3nc(-c4cc5ccccc5c5ccccc45)nc(-c4c(-n5c6cc7ccccc7cc6c6cc7ccccc7cc65)c5c6ccccc6oc5c5ccccc45)n3)cc2)cc1. The third-order valence-electron chi connectivity index (χ3n) is 14.4. The van der Waals surface area contributed by atoms with Gasteiger partial charge >= 0.3 is 0 Å². The van der Waals surface area contributed by atoms with Crippen molar-refractivity contribution in [3.8, 4) is 51.0 Å². The number of aromatic nitrogens is 4. The summed E-state index contributed by atoms with van der Waals surface area (Å²) in [5.74, 6) is 1.75. The van der Waals surface area contributed by atoms with Crippen molar-refractivity contribution in [1.82, 2.24) is 19.5 Å². The normalized spacial score (nSPS) is 12.0. The first-order chi connectivity index (χ1) is 34.7.